The maximum Gasteiger partial charge on any atom is 0.168 e. The van der Waals surface area contributed by atoms with E-state index in [1.165, 1.54) is 0 Å². The number of hydrogen-bond donors (Lipinski definition) is 1. The maximum atomic E-state index is 13.9. The van der Waals surface area contributed by atoms with Gasteiger partial charge in [-0.2, -0.15) is 0 Å². The van der Waals surface area contributed by atoms with Crippen LogP contribution in [0.2, 0.25) is 0 Å². The van der Waals surface area contributed by atoms with E-state index < -0.39 is 11.6 Å². The molecule has 0 saturated carbocycles. The predicted molar refractivity (Wildman–Crippen MR) is 68.6 cm³/mol. The molecule has 1 fully saturated rings. The van der Waals surface area contributed by atoms with Crippen molar-refractivity contribution in [2.45, 2.75) is 12.8 Å². The van der Waals surface area contributed by atoms with Gasteiger partial charge in [-0.1, -0.05) is 0 Å². The van der Waals surface area contributed by atoms with E-state index in [1.54, 1.807) is 0 Å². The van der Waals surface area contributed by atoms with E-state index >= 15 is 0 Å². The van der Waals surface area contributed by atoms with Crippen molar-refractivity contribution >= 4 is 0 Å². The van der Waals surface area contributed by atoms with Gasteiger partial charge in [-0.15, -0.1) is 0 Å². The van der Waals surface area contributed by atoms with Gasteiger partial charge in [-0.3, -0.25) is 0 Å². The van der Waals surface area contributed by atoms with Crippen molar-refractivity contribution in [1.82, 2.24) is 10.2 Å². The Bertz CT molecular complexity index is 473. The monoisotopic (exact) mass is 268 g/mol. The molecule has 3 nitrogen and oxygen atoms in total. The third-order valence-corrected chi connectivity index (χ3v) is 3.88. The van der Waals surface area contributed by atoms with E-state index in [-0.39, 0.29) is 5.75 Å². The number of halogens is 2. The lowest BCUT2D eigenvalue weighted by Gasteiger charge is -2.27. The molecule has 0 bridgehead atoms. The molecule has 0 aliphatic carbocycles. The number of ether oxygens (including phenoxy) is 1. The molecule has 19 heavy (non-hydrogen) atoms. The van der Waals surface area contributed by atoms with Crippen LogP contribution in [0, 0.1) is 11.6 Å². The lowest BCUT2D eigenvalue weighted by atomic mass is 10.0. The van der Waals surface area contributed by atoms with Crippen molar-refractivity contribution in [3.8, 4) is 5.75 Å². The first-order valence-corrected chi connectivity index (χ1v) is 6.81. The van der Waals surface area contributed by atoms with Gasteiger partial charge in [-0.05, 0) is 12.0 Å². The van der Waals surface area contributed by atoms with Gasteiger partial charge in [0, 0.05) is 50.8 Å². The summed E-state index contributed by atoms with van der Waals surface area (Å²) in [6, 6.07) is 0.956. The third-order valence-electron chi connectivity index (χ3n) is 3.88. The van der Waals surface area contributed by atoms with Gasteiger partial charge >= 0.3 is 0 Å². The zero-order valence-corrected chi connectivity index (χ0v) is 10.8. The van der Waals surface area contributed by atoms with Gasteiger partial charge in [0.1, 0.15) is 5.82 Å². The molecule has 0 atom stereocenters. The minimum atomic E-state index is -0.573. The molecule has 0 spiro atoms. The highest BCUT2D eigenvalue weighted by Crippen LogP contribution is 2.33. The van der Waals surface area contributed by atoms with Crippen LogP contribution in [0.5, 0.6) is 5.75 Å². The maximum absolute atomic E-state index is 13.9. The van der Waals surface area contributed by atoms with Gasteiger partial charge in [-0.25, -0.2) is 8.78 Å². The van der Waals surface area contributed by atoms with Crippen molar-refractivity contribution < 1.29 is 13.5 Å². The van der Waals surface area contributed by atoms with E-state index in [4.69, 9.17) is 4.74 Å². The van der Waals surface area contributed by atoms with Crippen LogP contribution in [0.15, 0.2) is 6.07 Å². The van der Waals surface area contributed by atoms with Gasteiger partial charge < -0.3 is 15.0 Å². The van der Waals surface area contributed by atoms with Crippen LogP contribution in [0.1, 0.15) is 11.1 Å². The molecule has 2 heterocycles. The largest absolute Gasteiger partial charge is 0.490 e. The summed E-state index contributed by atoms with van der Waals surface area (Å²) in [5.74, 6) is -0.746. The molecule has 5 heteroatoms. The van der Waals surface area contributed by atoms with Crippen LogP contribution >= 0.6 is 0 Å². The minimum Gasteiger partial charge on any atom is -0.490 e. The van der Waals surface area contributed by atoms with E-state index in [0.717, 1.165) is 44.4 Å². The molecule has 2 aliphatic rings. The zero-order chi connectivity index (χ0) is 13.2. The Morgan fingerprint density at radius 2 is 2.00 bits per heavy atom. The summed E-state index contributed by atoms with van der Waals surface area (Å²) in [5, 5.41) is 3.29. The molecule has 3 rings (SSSR count). The van der Waals surface area contributed by atoms with Gasteiger partial charge in [0.05, 0.1) is 6.61 Å². The third kappa shape index (κ3) is 2.58. The summed E-state index contributed by atoms with van der Waals surface area (Å²) in [6.45, 7) is 5.20. The number of rotatable bonds is 3. The zero-order valence-electron chi connectivity index (χ0n) is 10.8. The van der Waals surface area contributed by atoms with Crippen molar-refractivity contribution in [2.24, 2.45) is 0 Å². The van der Waals surface area contributed by atoms with Crippen LogP contribution in [-0.2, 0) is 12.8 Å². The van der Waals surface area contributed by atoms with Crippen molar-refractivity contribution in [3.05, 3.63) is 28.8 Å². The Balaban J connectivity index is 1.75. The number of nitrogens with zero attached hydrogens (tertiary/aromatic N) is 1. The normalized spacial score (nSPS) is 19.3. The summed E-state index contributed by atoms with van der Waals surface area (Å²) in [6.07, 6.45) is 1.23. The van der Waals surface area contributed by atoms with Crippen LogP contribution in [0.4, 0.5) is 8.78 Å². The van der Waals surface area contributed by atoms with Crippen molar-refractivity contribution in [1.29, 1.82) is 0 Å². The molecule has 0 radical (unpaired) electrons. The Kier molecular flexibility index (Phi) is 3.66. The Morgan fingerprint density at radius 1 is 1.21 bits per heavy atom. The highest BCUT2D eigenvalue weighted by molar-refractivity contribution is 5.45. The van der Waals surface area contributed by atoms with Crippen molar-refractivity contribution in [3.63, 3.8) is 0 Å². The second-order valence-electron chi connectivity index (χ2n) is 5.07. The summed E-state index contributed by atoms with van der Waals surface area (Å²) < 4.78 is 32.7. The molecule has 0 unspecified atom stereocenters. The fraction of sp³-hybridized carbons (Fsp3) is 0.571. The van der Waals surface area contributed by atoms with Crippen LogP contribution in [0.3, 0.4) is 0 Å². The first-order chi connectivity index (χ1) is 9.25. The second-order valence-corrected chi connectivity index (χ2v) is 5.07. The lowest BCUT2D eigenvalue weighted by Crippen LogP contribution is -2.44. The second kappa shape index (κ2) is 5.43. The first kappa shape index (κ1) is 12.8. The topological polar surface area (TPSA) is 24.5 Å². The molecule has 0 amide bonds. The standard InChI is InChI=1S/C14H18F2N2O/c15-12-9-13(16)14-11(2-8-19-14)10(12)1-5-18-6-3-17-4-7-18/h9,17H,1-8H2. The number of hydrogen-bond acceptors (Lipinski definition) is 3. The molecule has 1 N–H and O–H groups in total. The summed E-state index contributed by atoms with van der Waals surface area (Å²) in [4.78, 5) is 2.31. The number of fused-ring (bicyclic) bond motifs is 1. The van der Waals surface area contributed by atoms with Crippen molar-refractivity contribution in [2.75, 3.05) is 39.3 Å². The quantitative estimate of drug-likeness (QED) is 0.895. The molecule has 2 aliphatic heterocycles. The highest BCUT2D eigenvalue weighted by Gasteiger charge is 2.24. The lowest BCUT2D eigenvalue weighted by molar-refractivity contribution is 0.243. The molecule has 1 aromatic rings. The molecular formula is C14H18F2N2O. The minimum absolute atomic E-state index is 0.261. The Morgan fingerprint density at radius 3 is 2.79 bits per heavy atom. The summed E-state index contributed by atoms with van der Waals surface area (Å²) in [5.41, 5.74) is 1.36. The van der Waals surface area contributed by atoms with E-state index in [2.05, 4.69) is 10.2 Å². The highest BCUT2D eigenvalue weighted by atomic mass is 19.1. The first-order valence-electron chi connectivity index (χ1n) is 6.81. The Labute approximate surface area is 111 Å². The van der Waals surface area contributed by atoms with Crippen LogP contribution in [-0.4, -0.2) is 44.2 Å². The number of piperazine rings is 1. The van der Waals surface area contributed by atoms with E-state index in [0.29, 0.717) is 25.0 Å². The van der Waals surface area contributed by atoms with Gasteiger partial charge in [0.15, 0.2) is 11.6 Å². The van der Waals surface area contributed by atoms with Crippen LogP contribution < -0.4 is 10.1 Å². The summed E-state index contributed by atoms with van der Waals surface area (Å²) in [7, 11) is 0. The van der Waals surface area contributed by atoms with Crippen LogP contribution in [0.25, 0.3) is 0 Å². The molecule has 0 aromatic heterocycles. The predicted octanol–water partition coefficient (Wildman–Crippen LogP) is 1.35. The molecule has 104 valence electrons. The summed E-state index contributed by atoms with van der Waals surface area (Å²) >= 11 is 0. The molecular weight excluding hydrogens is 250 g/mol. The smallest absolute Gasteiger partial charge is 0.168 e. The van der Waals surface area contributed by atoms with E-state index in [9.17, 15) is 8.78 Å². The SMILES string of the molecule is Fc1cc(F)c2c(c1CCN1CCNCC1)CCO2. The fourth-order valence-electron chi connectivity index (χ4n) is 2.84. The van der Waals surface area contributed by atoms with E-state index in [1.807, 2.05) is 0 Å². The fourth-order valence-corrected chi connectivity index (χ4v) is 2.84. The number of benzene rings is 1. The average molecular weight is 268 g/mol. The molecule has 1 saturated heterocycles. The van der Waals surface area contributed by atoms with Gasteiger partial charge in [0.2, 0.25) is 0 Å². The Hall–Kier alpha value is -1.20. The van der Waals surface area contributed by atoms with Gasteiger partial charge in [0.25, 0.3) is 0 Å². The molecule has 1 aromatic carbocycles. The average Bonchev–Trinajstić information content (AvgIpc) is 2.89. The number of nitrogens with one attached hydrogen (secondary N) is 1.